The fourth-order valence-electron chi connectivity index (χ4n) is 5.21. The summed E-state index contributed by atoms with van der Waals surface area (Å²) in [5.41, 5.74) is 2.93. The highest BCUT2D eigenvalue weighted by atomic mass is 16.5. The maximum Gasteiger partial charge on any atom is 0.202 e. The van der Waals surface area contributed by atoms with Gasteiger partial charge in [-0.15, -0.1) is 0 Å². The largest absolute Gasteiger partial charge is 0.490 e. The number of aryl methyl sites for hydroxylation is 1. The Kier molecular flexibility index (Phi) is 6.21. The molecular weight excluding hydrogens is 452 g/mol. The number of aromatic nitrogens is 1. The normalized spacial score (nSPS) is 16.1. The molecule has 0 bridgehead atoms. The van der Waals surface area contributed by atoms with Gasteiger partial charge >= 0.3 is 0 Å². The number of ether oxygens (including phenoxy) is 1. The maximum absolute atomic E-state index is 10.7. The van der Waals surface area contributed by atoms with Crippen molar-refractivity contribution in [3.63, 3.8) is 0 Å². The number of nitrogens with zero attached hydrogens (tertiary/aromatic N) is 2. The second kappa shape index (κ2) is 9.80. The fraction of sp³-hybridized carbons (Fsp3) is 0.300. The summed E-state index contributed by atoms with van der Waals surface area (Å²) in [6.07, 6.45) is 1.63. The van der Waals surface area contributed by atoms with E-state index in [0.29, 0.717) is 35.3 Å². The van der Waals surface area contributed by atoms with E-state index in [1.807, 2.05) is 37.3 Å². The molecule has 6 heteroatoms. The van der Waals surface area contributed by atoms with Gasteiger partial charge in [0, 0.05) is 12.6 Å². The lowest BCUT2D eigenvalue weighted by Crippen LogP contribution is -2.40. The number of fused-ring (bicyclic) bond motifs is 2. The van der Waals surface area contributed by atoms with Gasteiger partial charge in [0.2, 0.25) is 5.76 Å². The molecule has 1 atom stereocenters. The first-order valence-electron chi connectivity index (χ1n) is 12.6. The molecule has 0 amide bonds. The van der Waals surface area contributed by atoms with Crippen molar-refractivity contribution in [2.75, 3.05) is 26.2 Å². The van der Waals surface area contributed by atoms with Crippen molar-refractivity contribution in [3.05, 3.63) is 84.1 Å². The van der Waals surface area contributed by atoms with Gasteiger partial charge < -0.3 is 23.7 Å². The number of hydrogen-bond acceptors (Lipinski definition) is 6. The summed E-state index contributed by atoms with van der Waals surface area (Å²) in [7, 11) is 0. The van der Waals surface area contributed by atoms with Crippen molar-refractivity contribution >= 4 is 21.7 Å². The van der Waals surface area contributed by atoms with Gasteiger partial charge in [-0.05, 0) is 73.3 Å². The molecule has 184 valence electrons. The third-order valence-corrected chi connectivity index (χ3v) is 7.12. The molecule has 1 N–H and O–H groups in total. The summed E-state index contributed by atoms with van der Waals surface area (Å²) in [5, 5.41) is 18.1. The van der Waals surface area contributed by atoms with E-state index in [9.17, 15) is 5.11 Å². The summed E-state index contributed by atoms with van der Waals surface area (Å²) < 4.78 is 17.3. The van der Waals surface area contributed by atoms with Crippen LogP contribution in [-0.2, 0) is 0 Å². The van der Waals surface area contributed by atoms with Crippen LogP contribution >= 0.6 is 0 Å². The standard InChI is InChI=1S/C30H30N2O4/c1-20-15-30(36-31-20)29-17-26-27(7-4-8-28(26)35-29)34-19-25(33)18-32-13-11-22(12-14-32)24-10-9-21-5-2-3-6-23(21)16-24/h2-10,15-17,22,25,33H,11-14,18-19H2,1H3. The average molecular weight is 483 g/mol. The minimum atomic E-state index is -0.569. The van der Waals surface area contributed by atoms with Crippen LogP contribution < -0.4 is 4.74 Å². The van der Waals surface area contributed by atoms with Crippen molar-refractivity contribution in [2.45, 2.75) is 31.8 Å². The molecule has 6 rings (SSSR count). The van der Waals surface area contributed by atoms with Crippen LogP contribution in [0.3, 0.4) is 0 Å². The lowest BCUT2D eigenvalue weighted by Gasteiger charge is -2.33. The van der Waals surface area contributed by atoms with Crippen molar-refractivity contribution in [1.82, 2.24) is 10.1 Å². The monoisotopic (exact) mass is 482 g/mol. The highest BCUT2D eigenvalue weighted by molar-refractivity contribution is 5.87. The molecule has 1 unspecified atom stereocenters. The SMILES string of the molecule is Cc1cc(-c2cc3c(OCC(O)CN4CCC(c5ccc6ccccc6c5)CC4)cccc3o2)on1. The molecule has 0 aliphatic carbocycles. The van der Waals surface area contributed by atoms with E-state index >= 15 is 0 Å². The molecule has 0 spiro atoms. The van der Waals surface area contributed by atoms with Gasteiger partial charge in [0.1, 0.15) is 24.0 Å². The topological polar surface area (TPSA) is 71.9 Å². The third kappa shape index (κ3) is 4.74. The van der Waals surface area contributed by atoms with Gasteiger partial charge in [-0.3, -0.25) is 0 Å². The van der Waals surface area contributed by atoms with E-state index < -0.39 is 6.10 Å². The van der Waals surface area contributed by atoms with Crippen molar-refractivity contribution < 1.29 is 18.8 Å². The zero-order valence-corrected chi connectivity index (χ0v) is 20.4. The Morgan fingerprint density at radius 3 is 2.61 bits per heavy atom. The van der Waals surface area contributed by atoms with Crippen LogP contribution in [0.4, 0.5) is 0 Å². The van der Waals surface area contributed by atoms with Gasteiger partial charge in [-0.2, -0.15) is 0 Å². The Balaban J connectivity index is 1.04. The molecule has 3 heterocycles. The highest BCUT2D eigenvalue weighted by Gasteiger charge is 2.23. The van der Waals surface area contributed by atoms with Gasteiger partial charge in [0.15, 0.2) is 5.76 Å². The molecule has 36 heavy (non-hydrogen) atoms. The molecule has 0 saturated carbocycles. The summed E-state index contributed by atoms with van der Waals surface area (Å²) in [6, 6.07) is 24.8. The van der Waals surface area contributed by atoms with Crippen molar-refractivity contribution in [1.29, 1.82) is 0 Å². The number of furan rings is 1. The quantitative estimate of drug-likeness (QED) is 0.299. The van der Waals surface area contributed by atoms with Crippen molar-refractivity contribution in [2.24, 2.45) is 0 Å². The number of aliphatic hydroxyl groups is 1. The van der Waals surface area contributed by atoms with Crippen LogP contribution in [-0.4, -0.2) is 47.5 Å². The molecule has 2 aromatic heterocycles. The van der Waals surface area contributed by atoms with Crippen LogP contribution in [0, 0.1) is 6.92 Å². The zero-order valence-electron chi connectivity index (χ0n) is 20.4. The van der Waals surface area contributed by atoms with Crippen LogP contribution in [0.2, 0.25) is 0 Å². The molecule has 1 saturated heterocycles. The zero-order chi connectivity index (χ0) is 24.5. The predicted octanol–water partition coefficient (Wildman–Crippen LogP) is 6.17. The van der Waals surface area contributed by atoms with Crippen LogP contribution in [0.5, 0.6) is 5.75 Å². The summed E-state index contributed by atoms with van der Waals surface area (Å²) in [6.45, 7) is 4.66. The molecule has 3 aromatic carbocycles. The van der Waals surface area contributed by atoms with E-state index in [4.69, 9.17) is 13.7 Å². The summed E-state index contributed by atoms with van der Waals surface area (Å²) in [5.74, 6) is 2.45. The number of aliphatic hydroxyl groups excluding tert-OH is 1. The second-order valence-electron chi connectivity index (χ2n) is 9.76. The molecule has 5 aromatic rings. The molecule has 6 nitrogen and oxygen atoms in total. The lowest BCUT2D eigenvalue weighted by atomic mass is 9.88. The van der Waals surface area contributed by atoms with Crippen LogP contribution in [0.25, 0.3) is 33.3 Å². The minimum absolute atomic E-state index is 0.228. The first kappa shape index (κ1) is 22.8. The molecule has 1 aliphatic rings. The number of likely N-dealkylation sites (tertiary alicyclic amines) is 1. The number of β-amino-alcohol motifs (C(OH)–C–C–N with tert-alkyl or cyclic N) is 1. The smallest absolute Gasteiger partial charge is 0.202 e. The van der Waals surface area contributed by atoms with Gasteiger partial charge in [-0.1, -0.05) is 53.7 Å². The Labute approximate surface area is 210 Å². The fourth-order valence-corrected chi connectivity index (χ4v) is 5.21. The van der Waals surface area contributed by atoms with Gasteiger partial charge in [0.05, 0.1) is 11.1 Å². The van der Waals surface area contributed by atoms with Gasteiger partial charge in [0.25, 0.3) is 0 Å². The van der Waals surface area contributed by atoms with E-state index in [1.165, 1.54) is 16.3 Å². The van der Waals surface area contributed by atoms with Crippen LogP contribution in [0.1, 0.15) is 30.0 Å². The highest BCUT2D eigenvalue weighted by Crippen LogP contribution is 2.34. The molecule has 1 fully saturated rings. The van der Waals surface area contributed by atoms with E-state index in [2.05, 4.69) is 52.5 Å². The number of piperidine rings is 1. The lowest BCUT2D eigenvalue weighted by molar-refractivity contribution is 0.0599. The number of benzene rings is 3. The predicted molar refractivity (Wildman–Crippen MR) is 140 cm³/mol. The molecule has 0 radical (unpaired) electrons. The average Bonchev–Trinajstić information content (AvgIpc) is 3.54. The van der Waals surface area contributed by atoms with Crippen LogP contribution in [0.15, 0.2) is 81.7 Å². The summed E-state index contributed by atoms with van der Waals surface area (Å²) in [4.78, 5) is 2.34. The Hall–Kier alpha value is -3.61. The van der Waals surface area contributed by atoms with E-state index in [-0.39, 0.29) is 6.61 Å². The number of rotatable bonds is 7. The minimum Gasteiger partial charge on any atom is -0.490 e. The summed E-state index contributed by atoms with van der Waals surface area (Å²) >= 11 is 0. The maximum atomic E-state index is 10.7. The Bertz CT molecular complexity index is 1480. The first-order valence-corrected chi connectivity index (χ1v) is 12.6. The first-order chi connectivity index (χ1) is 17.6. The Morgan fingerprint density at radius 2 is 1.81 bits per heavy atom. The van der Waals surface area contributed by atoms with E-state index in [0.717, 1.165) is 37.0 Å². The van der Waals surface area contributed by atoms with Gasteiger partial charge in [-0.25, -0.2) is 0 Å². The molecule has 1 aliphatic heterocycles. The number of hydrogen-bond donors (Lipinski definition) is 1. The third-order valence-electron chi connectivity index (χ3n) is 7.12. The Morgan fingerprint density at radius 1 is 0.972 bits per heavy atom. The van der Waals surface area contributed by atoms with Crippen molar-refractivity contribution in [3.8, 4) is 17.3 Å². The molecular formula is C30H30N2O4. The van der Waals surface area contributed by atoms with E-state index in [1.54, 1.807) is 0 Å². The second-order valence-corrected chi connectivity index (χ2v) is 9.76.